The van der Waals surface area contributed by atoms with E-state index in [-0.39, 0.29) is 0 Å². The maximum absolute atomic E-state index is 4.33. The minimum Gasteiger partial charge on any atom is -0.317 e. The van der Waals surface area contributed by atoms with E-state index in [1.807, 2.05) is 0 Å². The number of halogens is 1. The van der Waals surface area contributed by atoms with Crippen molar-refractivity contribution in [2.75, 3.05) is 13.1 Å². The summed E-state index contributed by atoms with van der Waals surface area (Å²) >= 11 is 3.00. The lowest BCUT2D eigenvalue weighted by Gasteiger charge is -2.08. The summed E-state index contributed by atoms with van der Waals surface area (Å²) in [6.45, 7) is 2.50. The fourth-order valence-electron chi connectivity index (χ4n) is 0.802. The number of rotatable bonds is 0. The standard InChI is InChI=1S/C5H11N.ClHS/c1-2-4-6-5-3-1;1-2/h6H,1-5H2;2H. The molecule has 0 aromatic rings. The highest BCUT2D eigenvalue weighted by Gasteiger charge is 1.93. The molecule has 1 aliphatic heterocycles. The second-order valence-corrected chi connectivity index (χ2v) is 1.81. The first-order valence-electron chi connectivity index (χ1n) is 2.88. The van der Waals surface area contributed by atoms with Crippen LogP contribution in [-0.4, -0.2) is 13.1 Å². The summed E-state index contributed by atoms with van der Waals surface area (Å²) in [6.07, 6.45) is 4.22. The lowest BCUT2D eigenvalue weighted by molar-refractivity contribution is 0.520. The van der Waals surface area contributed by atoms with Crippen LogP contribution in [0, 0.1) is 0 Å². The lowest BCUT2D eigenvalue weighted by atomic mass is 10.2. The normalized spacial score (nSPS) is 18.8. The van der Waals surface area contributed by atoms with Gasteiger partial charge >= 0.3 is 0 Å². The van der Waals surface area contributed by atoms with E-state index in [4.69, 9.17) is 0 Å². The van der Waals surface area contributed by atoms with Gasteiger partial charge in [0.25, 0.3) is 0 Å². The van der Waals surface area contributed by atoms with Crippen molar-refractivity contribution < 1.29 is 0 Å². The molecule has 1 fully saturated rings. The molecule has 0 bridgehead atoms. The van der Waals surface area contributed by atoms with Crippen molar-refractivity contribution in [2.24, 2.45) is 0 Å². The van der Waals surface area contributed by atoms with Gasteiger partial charge in [0.05, 0.1) is 0 Å². The molecule has 0 saturated carbocycles. The maximum atomic E-state index is 4.33. The third-order valence-electron chi connectivity index (χ3n) is 1.21. The summed E-state index contributed by atoms with van der Waals surface area (Å²) in [4.78, 5) is 0. The van der Waals surface area contributed by atoms with Gasteiger partial charge in [0, 0.05) is 0 Å². The molecule has 1 nitrogen and oxygen atoms in total. The van der Waals surface area contributed by atoms with Gasteiger partial charge in [-0.3, -0.25) is 0 Å². The van der Waals surface area contributed by atoms with Crippen LogP contribution < -0.4 is 5.32 Å². The second kappa shape index (κ2) is 7.60. The Bertz CT molecular complexity index is 27.9. The Morgan fingerprint density at radius 3 is 1.62 bits per heavy atom. The molecule has 0 radical (unpaired) electrons. The molecule has 1 rings (SSSR count). The molecular weight excluding hydrogens is 142 g/mol. The summed E-state index contributed by atoms with van der Waals surface area (Å²) in [5.41, 5.74) is 0. The Morgan fingerprint density at radius 1 is 1.00 bits per heavy atom. The van der Waals surface area contributed by atoms with Gasteiger partial charge in [-0.25, -0.2) is 0 Å². The number of hydrogen-bond acceptors (Lipinski definition) is 2. The Hall–Kier alpha value is 0.600. The van der Waals surface area contributed by atoms with Crippen LogP contribution in [0.4, 0.5) is 0 Å². The van der Waals surface area contributed by atoms with Crippen LogP contribution in [0.3, 0.4) is 0 Å². The highest BCUT2D eigenvalue weighted by molar-refractivity contribution is 8.05. The van der Waals surface area contributed by atoms with E-state index in [1.54, 1.807) is 0 Å². The lowest BCUT2D eigenvalue weighted by Crippen LogP contribution is -2.21. The number of hydrogen-bond donors (Lipinski definition) is 2. The molecule has 1 aliphatic rings. The van der Waals surface area contributed by atoms with E-state index >= 15 is 0 Å². The predicted molar refractivity (Wildman–Crippen MR) is 41.6 cm³/mol. The van der Waals surface area contributed by atoms with Gasteiger partial charge in [0.1, 0.15) is 0 Å². The van der Waals surface area contributed by atoms with E-state index < -0.39 is 0 Å². The molecule has 8 heavy (non-hydrogen) atoms. The summed E-state index contributed by atoms with van der Waals surface area (Å²) in [7, 11) is 4.33. The first-order valence-corrected chi connectivity index (χ1v) is 4.23. The molecule has 0 aliphatic carbocycles. The van der Waals surface area contributed by atoms with E-state index in [0.29, 0.717) is 0 Å². The highest BCUT2D eigenvalue weighted by Crippen LogP contribution is 1.96. The maximum Gasteiger partial charge on any atom is -0.00489 e. The van der Waals surface area contributed by atoms with Crippen LogP contribution in [0.15, 0.2) is 0 Å². The van der Waals surface area contributed by atoms with E-state index in [0.717, 1.165) is 0 Å². The van der Waals surface area contributed by atoms with Gasteiger partial charge in [-0.2, -0.15) is 0 Å². The van der Waals surface area contributed by atoms with Crippen molar-refractivity contribution >= 4 is 22.5 Å². The zero-order valence-electron chi connectivity index (χ0n) is 4.86. The van der Waals surface area contributed by atoms with Crippen LogP contribution in [-0.2, 0) is 0 Å². The largest absolute Gasteiger partial charge is 0.317 e. The first kappa shape index (κ1) is 8.60. The summed E-state index contributed by atoms with van der Waals surface area (Å²) in [6, 6.07) is 0. The average Bonchev–Trinajstić information content (AvgIpc) is 1.96. The molecule has 1 saturated heterocycles. The van der Waals surface area contributed by atoms with Crippen molar-refractivity contribution in [2.45, 2.75) is 19.3 Å². The van der Waals surface area contributed by atoms with Crippen LogP contribution in [0.25, 0.3) is 0 Å². The van der Waals surface area contributed by atoms with E-state index in [1.165, 1.54) is 32.4 Å². The van der Waals surface area contributed by atoms with Crippen molar-refractivity contribution in [1.29, 1.82) is 0 Å². The quantitative estimate of drug-likeness (QED) is 0.506. The predicted octanol–water partition coefficient (Wildman–Crippen LogP) is 1.83. The van der Waals surface area contributed by atoms with Crippen LogP contribution in [0.2, 0.25) is 0 Å². The van der Waals surface area contributed by atoms with Gasteiger partial charge in [-0.05, 0) is 36.6 Å². The molecule has 0 spiro atoms. The zero-order valence-corrected chi connectivity index (χ0v) is 6.51. The summed E-state index contributed by atoms with van der Waals surface area (Å²) < 4.78 is 0. The van der Waals surface area contributed by atoms with Crippen molar-refractivity contribution in [1.82, 2.24) is 5.32 Å². The topological polar surface area (TPSA) is 12.0 Å². The van der Waals surface area contributed by atoms with Gasteiger partial charge in [0.15, 0.2) is 0 Å². The molecule has 0 unspecified atom stereocenters. The average molecular weight is 154 g/mol. The number of nitrogens with one attached hydrogen (secondary N) is 1. The molecule has 0 aromatic carbocycles. The van der Waals surface area contributed by atoms with Crippen molar-refractivity contribution in [3.05, 3.63) is 0 Å². The van der Waals surface area contributed by atoms with Crippen molar-refractivity contribution in [3.63, 3.8) is 0 Å². The van der Waals surface area contributed by atoms with Gasteiger partial charge in [-0.1, -0.05) is 18.3 Å². The molecule has 0 atom stereocenters. The monoisotopic (exact) mass is 153 g/mol. The molecular formula is C5H12ClNS. The van der Waals surface area contributed by atoms with E-state index in [2.05, 4.69) is 27.8 Å². The summed E-state index contributed by atoms with van der Waals surface area (Å²) in [5, 5.41) is 3.28. The van der Waals surface area contributed by atoms with Crippen LogP contribution >= 0.6 is 22.5 Å². The molecule has 0 aromatic heterocycles. The Labute approximate surface area is 60.7 Å². The van der Waals surface area contributed by atoms with Crippen molar-refractivity contribution in [3.8, 4) is 0 Å². The number of thiol groups is 1. The first-order chi connectivity index (χ1) is 4.00. The van der Waals surface area contributed by atoms with E-state index in [9.17, 15) is 0 Å². The molecule has 1 heterocycles. The Kier molecular flexibility index (Phi) is 8.17. The molecule has 3 heteroatoms. The van der Waals surface area contributed by atoms with Gasteiger partial charge < -0.3 is 5.32 Å². The molecule has 0 amide bonds. The minimum absolute atomic E-state index is 1.25. The minimum atomic E-state index is 1.25. The second-order valence-electron chi connectivity index (χ2n) is 1.81. The van der Waals surface area contributed by atoms with Crippen LogP contribution in [0.1, 0.15) is 19.3 Å². The highest BCUT2D eigenvalue weighted by atomic mass is 35.7. The fourth-order valence-corrected chi connectivity index (χ4v) is 0.802. The molecule has 1 N–H and O–H groups in total. The van der Waals surface area contributed by atoms with Gasteiger partial charge in [-0.15, -0.1) is 0 Å². The number of piperidine rings is 1. The third kappa shape index (κ3) is 4.75. The Morgan fingerprint density at radius 2 is 1.50 bits per heavy atom. The smallest absolute Gasteiger partial charge is 0.00489 e. The third-order valence-corrected chi connectivity index (χ3v) is 1.21. The Balaban J connectivity index is 0.000000222. The SMILES string of the molecule is C1CCNCC1.SCl. The van der Waals surface area contributed by atoms with Gasteiger partial charge in [0.2, 0.25) is 0 Å². The summed E-state index contributed by atoms with van der Waals surface area (Å²) in [5.74, 6) is 0. The fraction of sp³-hybridized carbons (Fsp3) is 1.00. The zero-order chi connectivity index (χ0) is 6.24. The molecule has 50 valence electrons. The van der Waals surface area contributed by atoms with Crippen LogP contribution in [0.5, 0.6) is 0 Å².